The van der Waals surface area contributed by atoms with Crippen LogP contribution in [0.2, 0.25) is 0 Å². The zero-order chi connectivity index (χ0) is 14.2. The molecule has 0 spiro atoms. The van der Waals surface area contributed by atoms with Gasteiger partial charge in [0.05, 0.1) is 6.10 Å². The highest BCUT2D eigenvalue weighted by Crippen LogP contribution is 2.28. The van der Waals surface area contributed by atoms with E-state index in [1.54, 1.807) is 0 Å². The number of nitrogens with zero attached hydrogens (tertiary/aromatic N) is 1. The Morgan fingerprint density at radius 2 is 2.25 bits per heavy atom. The minimum absolute atomic E-state index is 0.130. The van der Waals surface area contributed by atoms with Crippen LogP contribution in [0.5, 0.6) is 0 Å². The van der Waals surface area contributed by atoms with E-state index in [0.717, 1.165) is 26.2 Å². The molecule has 1 fully saturated rings. The van der Waals surface area contributed by atoms with Gasteiger partial charge in [-0.3, -0.25) is 0 Å². The third-order valence-electron chi connectivity index (χ3n) is 4.37. The number of hydrogen-bond donors (Lipinski definition) is 1. The average Bonchev–Trinajstić information content (AvgIpc) is 2.84. The fourth-order valence-electron chi connectivity index (χ4n) is 3.31. The van der Waals surface area contributed by atoms with Crippen LogP contribution in [0, 0.1) is 6.92 Å². The van der Waals surface area contributed by atoms with Gasteiger partial charge in [0, 0.05) is 37.5 Å². The van der Waals surface area contributed by atoms with Gasteiger partial charge in [0.2, 0.25) is 0 Å². The molecule has 1 N–H and O–H groups in total. The lowest BCUT2D eigenvalue weighted by Crippen LogP contribution is -2.48. The Morgan fingerprint density at radius 3 is 3.00 bits per heavy atom. The third kappa shape index (κ3) is 2.99. The molecule has 1 saturated heterocycles. The summed E-state index contributed by atoms with van der Waals surface area (Å²) in [5.74, 6) is 0. The van der Waals surface area contributed by atoms with Gasteiger partial charge in [0.25, 0.3) is 0 Å². The molecule has 1 unspecified atom stereocenters. The molecule has 2 aliphatic rings. The Bertz CT molecular complexity index is 478. The summed E-state index contributed by atoms with van der Waals surface area (Å²) in [7, 11) is 0. The maximum Gasteiger partial charge on any atom is 0.0750 e. The van der Waals surface area contributed by atoms with Crippen molar-refractivity contribution in [1.82, 2.24) is 5.32 Å². The molecule has 0 radical (unpaired) electrons. The summed E-state index contributed by atoms with van der Waals surface area (Å²) in [4.78, 5) is 2.52. The molecule has 2 heterocycles. The molecule has 0 amide bonds. The van der Waals surface area contributed by atoms with E-state index in [0.29, 0.717) is 6.10 Å². The number of nitrogens with one attached hydrogen (secondary N) is 1. The van der Waals surface area contributed by atoms with Gasteiger partial charge in [0.1, 0.15) is 0 Å². The number of aryl methyl sites for hydroxylation is 1. The van der Waals surface area contributed by atoms with Crippen molar-refractivity contribution in [3.8, 4) is 0 Å². The maximum atomic E-state index is 5.84. The van der Waals surface area contributed by atoms with Crippen molar-refractivity contribution in [2.45, 2.75) is 51.8 Å². The molecular weight excluding hydrogens is 248 g/mol. The molecule has 1 aromatic rings. The van der Waals surface area contributed by atoms with Gasteiger partial charge in [-0.1, -0.05) is 17.7 Å². The van der Waals surface area contributed by atoms with E-state index in [2.05, 4.69) is 49.2 Å². The summed E-state index contributed by atoms with van der Waals surface area (Å²) in [6, 6.07) is 6.81. The van der Waals surface area contributed by atoms with Gasteiger partial charge in [-0.05, 0) is 45.2 Å². The fourth-order valence-corrected chi connectivity index (χ4v) is 3.31. The van der Waals surface area contributed by atoms with Crippen molar-refractivity contribution in [2.24, 2.45) is 0 Å². The third-order valence-corrected chi connectivity index (χ3v) is 4.37. The molecule has 1 atom stereocenters. The molecule has 20 heavy (non-hydrogen) atoms. The summed E-state index contributed by atoms with van der Waals surface area (Å²) in [5, 5.41) is 3.68. The Hall–Kier alpha value is -1.06. The standard InChI is InChI=1S/C17H26N2O/c1-13-6-7-16-14(9-13)10-18-17(2,3)12-19(16)11-15-5-4-8-20-15/h6-7,9,15,18H,4-5,8,10-12H2,1-3H3. The molecular formula is C17H26N2O. The van der Waals surface area contributed by atoms with E-state index in [-0.39, 0.29) is 5.54 Å². The zero-order valence-corrected chi connectivity index (χ0v) is 12.9. The first-order valence-corrected chi connectivity index (χ1v) is 7.75. The average molecular weight is 274 g/mol. The van der Waals surface area contributed by atoms with Crippen LogP contribution in [0.4, 0.5) is 5.69 Å². The highest BCUT2D eigenvalue weighted by molar-refractivity contribution is 5.56. The van der Waals surface area contributed by atoms with Crippen LogP contribution in [0.3, 0.4) is 0 Å². The molecule has 0 aromatic heterocycles. The number of fused-ring (bicyclic) bond motifs is 1. The van der Waals surface area contributed by atoms with Crippen molar-refractivity contribution in [1.29, 1.82) is 0 Å². The SMILES string of the molecule is Cc1ccc2c(c1)CNC(C)(C)CN2CC1CCCO1. The van der Waals surface area contributed by atoms with Crippen molar-refractivity contribution < 1.29 is 4.74 Å². The van der Waals surface area contributed by atoms with E-state index in [9.17, 15) is 0 Å². The van der Waals surface area contributed by atoms with Gasteiger partial charge < -0.3 is 15.0 Å². The van der Waals surface area contributed by atoms with Crippen LogP contribution in [0.25, 0.3) is 0 Å². The Kier molecular flexibility index (Phi) is 3.74. The number of hydrogen-bond acceptors (Lipinski definition) is 3. The Labute approximate surface area is 122 Å². The lowest BCUT2D eigenvalue weighted by molar-refractivity contribution is 0.114. The van der Waals surface area contributed by atoms with Crippen LogP contribution >= 0.6 is 0 Å². The van der Waals surface area contributed by atoms with E-state index in [1.165, 1.54) is 29.7 Å². The predicted molar refractivity (Wildman–Crippen MR) is 83.3 cm³/mol. The lowest BCUT2D eigenvalue weighted by Gasteiger charge is -2.33. The van der Waals surface area contributed by atoms with Crippen LogP contribution in [0.1, 0.15) is 37.8 Å². The molecule has 1 aromatic carbocycles. The van der Waals surface area contributed by atoms with Gasteiger partial charge in [-0.2, -0.15) is 0 Å². The normalized spacial score (nSPS) is 25.4. The molecule has 3 nitrogen and oxygen atoms in total. The molecule has 0 saturated carbocycles. The minimum Gasteiger partial charge on any atom is -0.376 e. The molecule has 110 valence electrons. The molecule has 3 rings (SSSR count). The van der Waals surface area contributed by atoms with Gasteiger partial charge in [0.15, 0.2) is 0 Å². The number of benzene rings is 1. The van der Waals surface area contributed by atoms with Crippen LogP contribution < -0.4 is 10.2 Å². The largest absolute Gasteiger partial charge is 0.376 e. The fraction of sp³-hybridized carbons (Fsp3) is 0.647. The van der Waals surface area contributed by atoms with Crippen molar-refractivity contribution >= 4 is 5.69 Å². The summed E-state index contributed by atoms with van der Waals surface area (Å²) < 4.78 is 5.84. The first kappa shape index (κ1) is 13.9. The molecule has 0 bridgehead atoms. The van der Waals surface area contributed by atoms with Gasteiger partial charge in [-0.25, -0.2) is 0 Å². The topological polar surface area (TPSA) is 24.5 Å². The second-order valence-corrected chi connectivity index (χ2v) is 6.89. The zero-order valence-electron chi connectivity index (χ0n) is 12.9. The van der Waals surface area contributed by atoms with Crippen LogP contribution in [0.15, 0.2) is 18.2 Å². The van der Waals surface area contributed by atoms with Crippen molar-refractivity contribution in [2.75, 3.05) is 24.6 Å². The van der Waals surface area contributed by atoms with Gasteiger partial charge in [-0.15, -0.1) is 0 Å². The van der Waals surface area contributed by atoms with E-state index >= 15 is 0 Å². The van der Waals surface area contributed by atoms with E-state index in [1.807, 2.05) is 0 Å². The van der Waals surface area contributed by atoms with Crippen molar-refractivity contribution in [3.05, 3.63) is 29.3 Å². The van der Waals surface area contributed by atoms with Crippen molar-refractivity contribution in [3.63, 3.8) is 0 Å². The second kappa shape index (κ2) is 5.38. The monoisotopic (exact) mass is 274 g/mol. The molecule has 0 aliphatic carbocycles. The smallest absolute Gasteiger partial charge is 0.0750 e. The summed E-state index contributed by atoms with van der Waals surface area (Å²) in [6.07, 6.45) is 2.81. The lowest BCUT2D eigenvalue weighted by atomic mass is 10.0. The highest BCUT2D eigenvalue weighted by Gasteiger charge is 2.29. The van der Waals surface area contributed by atoms with Gasteiger partial charge >= 0.3 is 0 Å². The first-order chi connectivity index (χ1) is 9.53. The minimum atomic E-state index is 0.130. The van der Waals surface area contributed by atoms with Crippen LogP contribution in [-0.2, 0) is 11.3 Å². The summed E-state index contributed by atoms with van der Waals surface area (Å²) in [6.45, 7) is 10.7. The Morgan fingerprint density at radius 1 is 1.40 bits per heavy atom. The maximum absolute atomic E-state index is 5.84. The Balaban J connectivity index is 1.88. The molecule has 2 aliphatic heterocycles. The first-order valence-electron chi connectivity index (χ1n) is 7.75. The number of anilines is 1. The second-order valence-electron chi connectivity index (χ2n) is 6.89. The quantitative estimate of drug-likeness (QED) is 0.897. The molecule has 3 heteroatoms. The summed E-state index contributed by atoms with van der Waals surface area (Å²) in [5.41, 5.74) is 4.26. The highest BCUT2D eigenvalue weighted by atomic mass is 16.5. The number of rotatable bonds is 2. The number of ether oxygens (including phenoxy) is 1. The summed E-state index contributed by atoms with van der Waals surface area (Å²) >= 11 is 0. The van der Waals surface area contributed by atoms with E-state index < -0.39 is 0 Å². The van der Waals surface area contributed by atoms with E-state index in [4.69, 9.17) is 4.74 Å². The predicted octanol–water partition coefficient (Wildman–Crippen LogP) is 2.86. The van der Waals surface area contributed by atoms with Crippen LogP contribution in [-0.4, -0.2) is 31.3 Å².